The Labute approximate surface area is 60.6 Å². The van der Waals surface area contributed by atoms with Crippen molar-refractivity contribution in [2.24, 2.45) is 0 Å². The van der Waals surface area contributed by atoms with Crippen LogP contribution in [0.5, 0.6) is 0 Å². The molecule has 0 saturated heterocycles. The van der Waals surface area contributed by atoms with Crippen LogP contribution in [0, 0.1) is 5.41 Å². The van der Waals surface area contributed by atoms with E-state index in [0.29, 0.717) is 0 Å². The van der Waals surface area contributed by atoms with Crippen LogP contribution in [0.1, 0.15) is 13.8 Å². The van der Waals surface area contributed by atoms with E-state index in [1.165, 1.54) is 6.92 Å². The van der Waals surface area contributed by atoms with Crippen molar-refractivity contribution in [3.63, 3.8) is 0 Å². The molecule has 0 aromatic rings. The van der Waals surface area contributed by atoms with E-state index in [1.54, 1.807) is 6.92 Å². The number of ether oxygens (including phenoxy) is 1. The second kappa shape index (κ2) is 3.55. The van der Waals surface area contributed by atoms with Crippen molar-refractivity contribution in [1.29, 1.82) is 5.41 Å². The molecule has 0 spiro atoms. The third kappa shape index (κ3) is 2.34. The lowest BCUT2D eigenvalue weighted by Crippen LogP contribution is -2.18. The molecular weight excluding hydrogens is 154 g/mol. The zero-order chi connectivity index (χ0) is 8.20. The van der Waals surface area contributed by atoms with Gasteiger partial charge in [0.25, 0.3) is 0 Å². The number of sulfone groups is 1. The van der Waals surface area contributed by atoms with Gasteiger partial charge >= 0.3 is 5.23 Å². The van der Waals surface area contributed by atoms with Crippen molar-refractivity contribution in [1.82, 2.24) is 0 Å². The lowest BCUT2D eigenvalue weighted by atomic mass is 10.9. The third-order valence-electron chi connectivity index (χ3n) is 0.938. The van der Waals surface area contributed by atoms with E-state index in [9.17, 15) is 8.42 Å². The fourth-order valence-corrected chi connectivity index (χ4v) is 0.912. The smallest absolute Gasteiger partial charge is 0.302 e. The molecule has 10 heavy (non-hydrogen) atoms. The third-order valence-corrected chi connectivity index (χ3v) is 2.38. The van der Waals surface area contributed by atoms with Gasteiger partial charge in [0.05, 0.1) is 12.4 Å². The summed E-state index contributed by atoms with van der Waals surface area (Å²) >= 11 is 0. The highest BCUT2D eigenvalue weighted by molar-refractivity contribution is 8.05. The fraction of sp³-hybridized carbons (Fsp3) is 0.800. The van der Waals surface area contributed by atoms with Gasteiger partial charge in [-0.25, -0.2) is 8.42 Å². The molecule has 0 unspecified atom stereocenters. The van der Waals surface area contributed by atoms with Gasteiger partial charge in [-0.3, -0.25) is 5.41 Å². The zero-order valence-corrected chi connectivity index (χ0v) is 6.86. The SMILES string of the molecule is CCOC(=N)S(=O)(=O)CC. The Balaban J connectivity index is 4.21. The van der Waals surface area contributed by atoms with Gasteiger partial charge in [-0.1, -0.05) is 6.92 Å². The van der Waals surface area contributed by atoms with E-state index >= 15 is 0 Å². The first-order valence-corrected chi connectivity index (χ1v) is 4.64. The van der Waals surface area contributed by atoms with Gasteiger partial charge in [-0.05, 0) is 6.92 Å². The molecule has 60 valence electrons. The average molecular weight is 165 g/mol. The van der Waals surface area contributed by atoms with Crippen LogP contribution in [0.4, 0.5) is 0 Å². The number of rotatable bonds is 2. The first-order chi connectivity index (χ1) is 4.54. The summed E-state index contributed by atoms with van der Waals surface area (Å²) in [7, 11) is -3.40. The standard InChI is InChI=1S/C5H11NO3S/c1-3-9-5(6)10(7,8)4-2/h6H,3-4H2,1-2H3. The highest BCUT2D eigenvalue weighted by atomic mass is 32.2. The van der Waals surface area contributed by atoms with Gasteiger partial charge in [0.1, 0.15) is 0 Å². The highest BCUT2D eigenvalue weighted by Gasteiger charge is 2.15. The Hall–Kier alpha value is -0.580. The summed E-state index contributed by atoms with van der Waals surface area (Å²) in [6, 6.07) is 0. The summed E-state index contributed by atoms with van der Waals surface area (Å²) in [5.41, 5.74) is 0. The van der Waals surface area contributed by atoms with E-state index < -0.39 is 15.1 Å². The maximum Gasteiger partial charge on any atom is 0.302 e. The van der Waals surface area contributed by atoms with Crippen LogP contribution < -0.4 is 0 Å². The van der Waals surface area contributed by atoms with Crippen LogP contribution in [-0.4, -0.2) is 26.0 Å². The van der Waals surface area contributed by atoms with E-state index in [2.05, 4.69) is 4.74 Å². The molecule has 0 amide bonds. The zero-order valence-electron chi connectivity index (χ0n) is 6.05. The molecule has 0 aromatic heterocycles. The number of hydrogen-bond acceptors (Lipinski definition) is 4. The highest BCUT2D eigenvalue weighted by Crippen LogP contribution is 1.93. The van der Waals surface area contributed by atoms with Crippen LogP contribution in [0.15, 0.2) is 0 Å². The first-order valence-electron chi connectivity index (χ1n) is 2.98. The van der Waals surface area contributed by atoms with Crippen molar-refractivity contribution in [3.8, 4) is 0 Å². The van der Waals surface area contributed by atoms with Crippen molar-refractivity contribution in [2.45, 2.75) is 13.8 Å². The quantitative estimate of drug-likeness (QED) is 0.475. The predicted molar refractivity (Wildman–Crippen MR) is 38.8 cm³/mol. The first kappa shape index (κ1) is 9.42. The molecular formula is C5H11NO3S. The molecule has 0 fully saturated rings. The molecule has 0 atom stereocenters. The Morgan fingerprint density at radius 3 is 2.30 bits per heavy atom. The van der Waals surface area contributed by atoms with Crippen LogP contribution in [0.2, 0.25) is 0 Å². The largest absolute Gasteiger partial charge is 0.470 e. The van der Waals surface area contributed by atoms with Gasteiger partial charge in [0, 0.05) is 0 Å². The van der Waals surface area contributed by atoms with Crippen molar-refractivity contribution < 1.29 is 13.2 Å². The van der Waals surface area contributed by atoms with E-state index in [-0.39, 0.29) is 12.4 Å². The van der Waals surface area contributed by atoms with E-state index in [1.807, 2.05) is 0 Å². The van der Waals surface area contributed by atoms with Crippen molar-refractivity contribution in [3.05, 3.63) is 0 Å². The van der Waals surface area contributed by atoms with Crippen molar-refractivity contribution >= 4 is 15.1 Å². The van der Waals surface area contributed by atoms with Crippen LogP contribution in [0.25, 0.3) is 0 Å². The summed E-state index contributed by atoms with van der Waals surface area (Å²) in [6.45, 7) is 3.33. The summed E-state index contributed by atoms with van der Waals surface area (Å²) < 4.78 is 26.0. The molecule has 0 radical (unpaired) electrons. The predicted octanol–water partition coefficient (Wildman–Crippen LogP) is 0.392. The summed E-state index contributed by atoms with van der Waals surface area (Å²) in [5, 5.41) is 6.25. The van der Waals surface area contributed by atoms with Gasteiger partial charge in [-0.15, -0.1) is 0 Å². The molecule has 0 aliphatic heterocycles. The summed E-state index contributed by atoms with van der Waals surface area (Å²) in [4.78, 5) is 0. The fourth-order valence-electron chi connectivity index (χ4n) is 0.352. The number of hydrogen-bond donors (Lipinski definition) is 1. The Morgan fingerprint density at radius 1 is 1.50 bits per heavy atom. The summed E-state index contributed by atoms with van der Waals surface area (Å²) in [6.07, 6.45) is 0. The molecule has 0 saturated carbocycles. The minimum absolute atomic E-state index is 0.0775. The molecule has 5 heteroatoms. The second-order valence-electron chi connectivity index (χ2n) is 1.62. The molecule has 1 N–H and O–H groups in total. The maximum atomic E-state index is 10.7. The Morgan fingerprint density at radius 2 is 2.00 bits per heavy atom. The van der Waals surface area contributed by atoms with Crippen molar-refractivity contribution in [2.75, 3.05) is 12.4 Å². The Bertz CT molecular complexity index is 207. The monoisotopic (exact) mass is 165 g/mol. The van der Waals surface area contributed by atoms with Crippen LogP contribution in [-0.2, 0) is 14.6 Å². The van der Waals surface area contributed by atoms with Gasteiger partial charge in [0.15, 0.2) is 0 Å². The molecule has 0 aliphatic rings. The van der Waals surface area contributed by atoms with Gasteiger partial charge < -0.3 is 4.74 Å². The number of nitrogens with one attached hydrogen (secondary N) is 1. The molecule has 0 heterocycles. The van der Waals surface area contributed by atoms with E-state index in [0.717, 1.165) is 0 Å². The van der Waals surface area contributed by atoms with Gasteiger partial charge in [0.2, 0.25) is 9.84 Å². The normalized spacial score (nSPS) is 11.0. The second-order valence-corrected chi connectivity index (χ2v) is 3.80. The molecule has 0 aromatic carbocycles. The van der Waals surface area contributed by atoms with Crippen LogP contribution >= 0.6 is 0 Å². The Kier molecular flexibility index (Phi) is 3.35. The molecule has 0 bridgehead atoms. The average Bonchev–Trinajstić information content (AvgIpc) is 1.89. The topological polar surface area (TPSA) is 67.2 Å². The van der Waals surface area contributed by atoms with Gasteiger partial charge in [-0.2, -0.15) is 0 Å². The van der Waals surface area contributed by atoms with E-state index in [4.69, 9.17) is 5.41 Å². The minimum Gasteiger partial charge on any atom is -0.470 e. The molecule has 4 nitrogen and oxygen atoms in total. The van der Waals surface area contributed by atoms with Crippen LogP contribution in [0.3, 0.4) is 0 Å². The molecule has 0 aliphatic carbocycles. The lowest BCUT2D eigenvalue weighted by Gasteiger charge is -2.02. The minimum atomic E-state index is -3.40. The summed E-state index contributed by atoms with van der Waals surface area (Å²) in [5.74, 6) is -0.0775. The maximum absolute atomic E-state index is 10.7. The molecule has 0 rings (SSSR count). The lowest BCUT2D eigenvalue weighted by molar-refractivity contribution is 0.331.